The molecule has 0 aliphatic heterocycles. The molecule has 0 unspecified atom stereocenters. The zero-order valence-corrected chi connectivity index (χ0v) is 22.6. The number of nitrogens with one attached hydrogen (secondary N) is 1. The second-order valence-corrected chi connectivity index (χ2v) is 9.90. The van der Waals surface area contributed by atoms with Gasteiger partial charge in [-0.25, -0.2) is 0 Å². The van der Waals surface area contributed by atoms with E-state index in [9.17, 15) is 5.11 Å². The Labute approximate surface area is 222 Å². The first-order valence-electron chi connectivity index (χ1n) is 13.8. The van der Waals surface area contributed by atoms with Gasteiger partial charge in [0.05, 0.1) is 7.11 Å². The SMILES string of the molecule is CCN(CC)CCOc1ccc(CCCNc2cc(OC)ccc2[C@H]2CCc3cc(O)ccc3C2)cc1. The summed E-state index contributed by atoms with van der Waals surface area (Å²) in [6.45, 7) is 9.08. The lowest BCUT2D eigenvalue weighted by Crippen LogP contribution is -2.27. The summed E-state index contributed by atoms with van der Waals surface area (Å²) in [5.74, 6) is 2.64. The van der Waals surface area contributed by atoms with Crippen LogP contribution in [0.15, 0.2) is 60.7 Å². The molecule has 2 N–H and O–H groups in total. The van der Waals surface area contributed by atoms with Gasteiger partial charge >= 0.3 is 0 Å². The molecule has 0 bridgehead atoms. The number of phenols is 1. The molecular formula is C32H42N2O3. The fourth-order valence-electron chi connectivity index (χ4n) is 5.28. The summed E-state index contributed by atoms with van der Waals surface area (Å²) in [6, 6.07) is 20.8. The fourth-order valence-corrected chi connectivity index (χ4v) is 5.28. The van der Waals surface area contributed by atoms with Crippen molar-refractivity contribution < 1.29 is 14.6 Å². The molecule has 0 spiro atoms. The Balaban J connectivity index is 1.30. The highest BCUT2D eigenvalue weighted by Gasteiger charge is 2.23. The van der Waals surface area contributed by atoms with E-state index in [2.05, 4.69) is 72.6 Å². The molecule has 3 aromatic carbocycles. The Bertz CT molecular complexity index is 1130. The Hall–Kier alpha value is -3.18. The molecule has 1 aliphatic rings. The van der Waals surface area contributed by atoms with Gasteiger partial charge in [-0.2, -0.15) is 0 Å². The summed E-state index contributed by atoms with van der Waals surface area (Å²) < 4.78 is 11.4. The number of benzene rings is 3. The van der Waals surface area contributed by atoms with Gasteiger partial charge in [-0.15, -0.1) is 0 Å². The second kappa shape index (κ2) is 13.4. The van der Waals surface area contributed by atoms with Gasteiger partial charge in [-0.1, -0.05) is 38.1 Å². The van der Waals surface area contributed by atoms with Gasteiger partial charge in [0.15, 0.2) is 0 Å². The largest absolute Gasteiger partial charge is 0.508 e. The maximum absolute atomic E-state index is 9.83. The first-order chi connectivity index (χ1) is 18.1. The third-order valence-corrected chi connectivity index (χ3v) is 7.57. The predicted octanol–water partition coefficient (Wildman–Crippen LogP) is 6.44. The van der Waals surface area contributed by atoms with E-state index >= 15 is 0 Å². The number of likely N-dealkylation sites (N-methyl/N-ethyl adjacent to an activating group) is 1. The molecule has 0 heterocycles. The van der Waals surface area contributed by atoms with Crippen LogP contribution in [-0.2, 0) is 19.3 Å². The van der Waals surface area contributed by atoms with Gasteiger partial charge in [-0.3, -0.25) is 0 Å². The Morgan fingerprint density at radius 1 is 0.946 bits per heavy atom. The zero-order valence-electron chi connectivity index (χ0n) is 22.6. The van der Waals surface area contributed by atoms with Crippen LogP contribution in [0.2, 0.25) is 0 Å². The summed E-state index contributed by atoms with van der Waals surface area (Å²) in [7, 11) is 1.72. The van der Waals surface area contributed by atoms with E-state index in [0.29, 0.717) is 11.7 Å². The molecule has 0 radical (unpaired) electrons. The van der Waals surface area contributed by atoms with Crippen molar-refractivity contribution in [3.05, 3.63) is 82.9 Å². The van der Waals surface area contributed by atoms with Crippen molar-refractivity contribution in [1.29, 1.82) is 0 Å². The number of hydrogen-bond donors (Lipinski definition) is 2. The second-order valence-electron chi connectivity index (χ2n) is 9.90. The molecule has 198 valence electrons. The van der Waals surface area contributed by atoms with Crippen LogP contribution in [0.1, 0.15) is 54.9 Å². The molecule has 0 fully saturated rings. The lowest BCUT2D eigenvalue weighted by molar-refractivity contribution is 0.223. The number of methoxy groups -OCH3 is 1. The van der Waals surface area contributed by atoms with Gasteiger partial charge in [0.2, 0.25) is 0 Å². The highest BCUT2D eigenvalue weighted by molar-refractivity contribution is 5.57. The number of fused-ring (bicyclic) bond motifs is 1. The number of aromatic hydroxyl groups is 1. The maximum Gasteiger partial charge on any atom is 0.120 e. The Kier molecular flexibility index (Phi) is 9.72. The first kappa shape index (κ1) is 26.9. The van der Waals surface area contributed by atoms with Crippen molar-refractivity contribution in [3.8, 4) is 17.2 Å². The van der Waals surface area contributed by atoms with E-state index in [4.69, 9.17) is 9.47 Å². The molecule has 4 rings (SSSR count). The molecule has 1 atom stereocenters. The van der Waals surface area contributed by atoms with Gasteiger partial charge in [0.25, 0.3) is 0 Å². The van der Waals surface area contributed by atoms with E-state index in [-0.39, 0.29) is 0 Å². The highest BCUT2D eigenvalue weighted by atomic mass is 16.5. The minimum Gasteiger partial charge on any atom is -0.508 e. The maximum atomic E-state index is 9.83. The average molecular weight is 503 g/mol. The first-order valence-corrected chi connectivity index (χ1v) is 13.8. The molecule has 5 nitrogen and oxygen atoms in total. The van der Waals surface area contributed by atoms with E-state index in [0.717, 1.165) is 76.4 Å². The molecule has 0 amide bonds. The smallest absolute Gasteiger partial charge is 0.120 e. The van der Waals surface area contributed by atoms with Gasteiger partial charge in [-0.05, 0) is 104 Å². The molecular weight excluding hydrogens is 460 g/mol. The molecule has 5 heteroatoms. The molecule has 37 heavy (non-hydrogen) atoms. The van der Waals surface area contributed by atoms with Gasteiger partial charge < -0.3 is 24.8 Å². The summed E-state index contributed by atoms with van der Waals surface area (Å²) in [5.41, 5.74) is 6.47. The van der Waals surface area contributed by atoms with Crippen LogP contribution in [0.3, 0.4) is 0 Å². The summed E-state index contributed by atoms with van der Waals surface area (Å²) in [5, 5.41) is 13.5. The van der Waals surface area contributed by atoms with Gasteiger partial charge in [0.1, 0.15) is 23.9 Å². The number of nitrogens with zero attached hydrogens (tertiary/aromatic N) is 1. The van der Waals surface area contributed by atoms with Gasteiger partial charge in [0, 0.05) is 24.8 Å². The van der Waals surface area contributed by atoms with Crippen molar-refractivity contribution >= 4 is 5.69 Å². The monoisotopic (exact) mass is 502 g/mol. The normalized spacial score (nSPS) is 14.9. The third-order valence-electron chi connectivity index (χ3n) is 7.57. The topological polar surface area (TPSA) is 54.0 Å². The molecule has 0 saturated heterocycles. The van der Waals surface area contributed by atoms with Crippen LogP contribution in [-0.4, -0.2) is 49.9 Å². The lowest BCUT2D eigenvalue weighted by atomic mass is 9.79. The average Bonchev–Trinajstić information content (AvgIpc) is 2.94. The molecule has 1 aliphatic carbocycles. The quantitative estimate of drug-likeness (QED) is 0.264. The zero-order chi connectivity index (χ0) is 26.0. The predicted molar refractivity (Wildman–Crippen MR) is 152 cm³/mol. The number of aryl methyl sites for hydroxylation is 2. The van der Waals surface area contributed by atoms with E-state index in [1.165, 1.54) is 27.9 Å². The molecule has 0 aromatic heterocycles. The minimum atomic E-state index is 0.362. The Morgan fingerprint density at radius 2 is 1.73 bits per heavy atom. The van der Waals surface area contributed by atoms with Crippen molar-refractivity contribution in [3.63, 3.8) is 0 Å². The third kappa shape index (κ3) is 7.42. The summed E-state index contributed by atoms with van der Waals surface area (Å²) >= 11 is 0. The summed E-state index contributed by atoms with van der Waals surface area (Å²) in [4.78, 5) is 2.37. The van der Waals surface area contributed by atoms with Crippen molar-refractivity contribution in [2.45, 2.75) is 51.9 Å². The Morgan fingerprint density at radius 3 is 2.49 bits per heavy atom. The fraction of sp³-hybridized carbons (Fsp3) is 0.438. The van der Waals surface area contributed by atoms with Crippen LogP contribution >= 0.6 is 0 Å². The van der Waals surface area contributed by atoms with Crippen LogP contribution in [0.4, 0.5) is 5.69 Å². The molecule has 0 saturated carbocycles. The number of phenolic OH excluding ortho intramolecular Hbond substituents is 1. The van der Waals surface area contributed by atoms with Crippen molar-refractivity contribution in [1.82, 2.24) is 4.90 Å². The number of anilines is 1. The van der Waals surface area contributed by atoms with Crippen molar-refractivity contribution in [2.24, 2.45) is 0 Å². The van der Waals surface area contributed by atoms with Crippen LogP contribution < -0.4 is 14.8 Å². The lowest BCUT2D eigenvalue weighted by Gasteiger charge is -2.27. The van der Waals surface area contributed by atoms with Crippen LogP contribution in [0.5, 0.6) is 17.2 Å². The van der Waals surface area contributed by atoms with E-state index in [1.807, 2.05) is 6.07 Å². The standard InChI is InChI=1S/C32H42N2O3/c1-4-34(5-2)19-20-37-29-14-8-24(9-15-29)7-6-18-33-32-23-30(36-3)16-17-31(32)27-11-10-26-22-28(35)13-12-25(26)21-27/h8-9,12-17,22-23,27,33,35H,4-7,10-11,18-21H2,1-3H3/t27-/m0/s1. The number of hydrogen-bond acceptors (Lipinski definition) is 5. The minimum absolute atomic E-state index is 0.362. The van der Waals surface area contributed by atoms with Crippen molar-refractivity contribution in [2.75, 3.05) is 45.2 Å². The highest BCUT2D eigenvalue weighted by Crippen LogP contribution is 2.38. The number of ether oxygens (including phenoxy) is 2. The summed E-state index contributed by atoms with van der Waals surface area (Å²) in [6.07, 6.45) is 5.15. The van der Waals surface area contributed by atoms with Crippen LogP contribution in [0.25, 0.3) is 0 Å². The number of rotatable bonds is 13. The van der Waals surface area contributed by atoms with E-state index in [1.54, 1.807) is 13.2 Å². The molecule has 3 aromatic rings. The van der Waals surface area contributed by atoms with Crippen LogP contribution in [0, 0.1) is 0 Å². The van der Waals surface area contributed by atoms with E-state index < -0.39 is 0 Å².